The number of ketones is 1. The summed E-state index contributed by atoms with van der Waals surface area (Å²) in [5, 5.41) is 8.87. The average molecular weight is 251 g/mol. The van der Waals surface area contributed by atoms with Crippen molar-refractivity contribution in [3.63, 3.8) is 0 Å². The minimum atomic E-state index is 0.0224. The Kier molecular flexibility index (Phi) is 3.63. The number of benzene rings is 2. The monoisotopic (exact) mass is 251 g/mol. The van der Waals surface area contributed by atoms with Crippen LogP contribution in [0.3, 0.4) is 0 Å². The van der Waals surface area contributed by atoms with E-state index in [1.165, 1.54) is 6.92 Å². The van der Waals surface area contributed by atoms with Gasteiger partial charge in [-0.25, -0.2) is 0 Å². The van der Waals surface area contributed by atoms with Crippen molar-refractivity contribution in [3.8, 4) is 17.6 Å². The highest BCUT2D eigenvalue weighted by atomic mass is 16.5. The fourth-order valence-electron chi connectivity index (χ4n) is 1.66. The van der Waals surface area contributed by atoms with Crippen LogP contribution in [-0.2, 0) is 0 Å². The lowest BCUT2D eigenvalue weighted by Crippen LogP contribution is -1.92. The van der Waals surface area contributed by atoms with Crippen molar-refractivity contribution in [2.45, 2.75) is 13.8 Å². The molecule has 0 unspecified atom stereocenters. The third-order valence-electron chi connectivity index (χ3n) is 2.81. The van der Waals surface area contributed by atoms with Crippen LogP contribution in [-0.4, -0.2) is 5.78 Å². The van der Waals surface area contributed by atoms with E-state index in [0.717, 1.165) is 5.56 Å². The van der Waals surface area contributed by atoms with Gasteiger partial charge in [0.25, 0.3) is 0 Å². The smallest absolute Gasteiger partial charge is 0.159 e. The van der Waals surface area contributed by atoms with Gasteiger partial charge in [-0.15, -0.1) is 0 Å². The largest absolute Gasteiger partial charge is 0.457 e. The molecule has 0 amide bonds. The van der Waals surface area contributed by atoms with Crippen LogP contribution in [0.4, 0.5) is 0 Å². The molecule has 0 N–H and O–H groups in total. The number of hydrogen-bond donors (Lipinski definition) is 0. The number of rotatable bonds is 3. The van der Waals surface area contributed by atoms with Crippen LogP contribution >= 0.6 is 0 Å². The van der Waals surface area contributed by atoms with E-state index in [9.17, 15) is 4.79 Å². The molecular weight excluding hydrogens is 238 g/mol. The van der Waals surface area contributed by atoms with E-state index < -0.39 is 0 Å². The Balaban J connectivity index is 2.26. The molecule has 0 aromatic heterocycles. The summed E-state index contributed by atoms with van der Waals surface area (Å²) in [6, 6.07) is 14.3. The fraction of sp³-hybridized carbons (Fsp3) is 0.125. The maximum Gasteiger partial charge on any atom is 0.159 e. The zero-order valence-electron chi connectivity index (χ0n) is 10.8. The Morgan fingerprint density at radius 1 is 1.16 bits per heavy atom. The predicted molar refractivity (Wildman–Crippen MR) is 72.4 cm³/mol. The highest BCUT2D eigenvalue weighted by molar-refractivity contribution is 5.94. The highest BCUT2D eigenvalue weighted by Crippen LogP contribution is 2.26. The zero-order chi connectivity index (χ0) is 13.8. The Bertz CT molecular complexity index is 651. The summed E-state index contributed by atoms with van der Waals surface area (Å²) in [5.41, 5.74) is 2.16. The van der Waals surface area contributed by atoms with Crippen LogP contribution in [0.25, 0.3) is 0 Å². The first-order valence-electron chi connectivity index (χ1n) is 5.90. The Labute approximate surface area is 112 Å². The number of ether oxygens (including phenoxy) is 1. The second kappa shape index (κ2) is 5.36. The molecule has 3 heteroatoms. The van der Waals surface area contributed by atoms with Crippen LogP contribution < -0.4 is 4.74 Å². The zero-order valence-corrected chi connectivity index (χ0v) is 10.8. The molecule has 0 atom stereocenters. The van der Waals surface area contributed by atoms with Gasteiger partial charge < -0.3 is 4.74 Å². The molecule has 2 rings (SSSR count). The first-order chi connectivity index (χ1) is 9.10. The standard InChI is InChI=1S/C16H13NO2/c1-11-3-4-13(10-17)9-16(11)19-15-7-5-14(6-8-15)12(2)18/h3-9H,1-2H3. The summed E-state index contributed by atoms with van der Waals surface area (Å²) in [5.74, 6) is 1.31. The molecule has 0 aliphatic carbocycles. The molecule has 0 radical (unpaired) electrons. The van der Waals surface area contributed by atoms with Crippen molar-refractivity contribution in [2.75, 3.05) is 0 Å². The van der Waals surface area contributed by atoms with Gasteiger partial charge in [0.15, 0.2) is 5.78 Å². The molecule has 3 nitrogen and oxygen atoms in total. The molecule has 0 heterocycles. The number of nitrogens with zero attached hydrogens (tertiary/aromatic N) is 1. The van der Waals surface area contributed by atoms with Crippen molar-refractivity contribution in [1.29, 1.82) is 5.26 Å². The second-order valence-corrected chi connectivity index (χ2v) is 4.27. The van der Waals surface area contributed by atoms with E-state index in [1.807, 2.05) is 13.0 Å². The number of nitriles is 1. The van der Waals surface area contributed by atoms with Gasteiger partial charge in [-0.3, -0.25) is 4.79 Å². The Morgan fingerprint density at radius 2 is 1.84 bits per heavy atom. The van der Waals surface area contributed by atoms with Crippen LogP contribution in [0.15, 0.2) is 42.5 Å². The van der Waals surface area contributed by atoms with Gasteiger partial charge in [-0.2, -0.15) is 5.26 Å². The summed E-state index contributed by atoms with van der Waals surface area (Å²) in [6.45, 7) is 3.44. The average Bonchev–Trinajstić information content (AvgIpc) is 2.42. The Morgan fingerprint density at radius 3 is 2.42 bits per heavy atom. The molecule has 0 saturated heterocycles. The first kappa shape index (κ1) is 12.8. The molecule has 0 bridgehead atoms. The minimum Gasteiger partial charge on any atom is -0.457 e. The van der Waals surface area contributed by atoms with Crippen LogP contribution in [0, 0.1) is 18.3 Å². The molecule has 0 fully saturated rings. The molecule has 2 aromatic carbocycles. The van der Waals surface area contributed by atoms with Crippen LogP contribution in [0.1, 0.15) is 28.4 Å². The maximum absolute atomic E-state index is 11.2. The molecule has 94 valence electrons. The van der Waals surface area contributed by atoms with Crippen LogP contribution in [0.2, 0.25) is 0 Å². The van der Waals surface area contributed by atoms with Gasteiger partial charge in [0, 0.05) is 5.56 Å². The lowest BCUT2D eigenvalue weighted by atomic mass is 10.1. The summed E-state index contributed by atoms with van der Waals surface area (Å²) >= 11 is 0. The summed E-state index contributed by atoms with van der Waals surface area (Å²) in [4.78, 5) is 11.2. The third-order valence-corrected chi connectivity index (χ3v) is 2.81. The van der Waals surface area contributed by atoms with Crippen molar-refractivity contribution in [3.05, 3.63) is 59.2 Å². The lowest BCUT2D eigenvalue weighted by Gasteiger charge is -2.09. The van der Waals surface area contributed by atoms with Gasteiger partial charge in [0.05, 0.1) is 11.6 Å². The van der Waals surface area contributed by atoms with E-state index in [4.69, 9.17) is 10.00 Å². The molecule has 0 saturated carbocycles. The van der Waals surface area contributed by atoms with Crippen molar-refractivity contribution < 1.29 is 9.53 Å². The van der Waals surface area contributed by atoms with Crippen molar-refractivity contribution in [2.24, 2.45) is 0 Å². The van der Waals surface area contributed by atoms with Gasteiger partial charge in [0.2, 0.25) is 0 Å². The van der Waals surface area contributed by atoms with E-state index in [0.29, 0.717) is 22.6 Å². The van der Waals surface area contributed by atoms with E-state index in [1.54, 1.807) is 36.4 Å². The van der Waals surface area contributed by atoms with Crippen molar-refractivity contribution >= 4 is 5.78 Å². The quantitative estimate of drug-likeness (QED) is 0.778. The van der Waals surface area contributed by atoms with E-state index in [-0.39, 0.29) is 5.78 Å². The highest BCUT2D eigenvalue weighted by Gasteiger charge is 2.04. The van der Waals surface area contributed by atoms with Gasteiger partial charge in [0.1, 0.15) is 11.5 Å². The molecule has 19 heavy (non-hydrogen) atoms. The SMILES string of the molecule is CC(=O)c1ccc(Oc2cc(C#N)ccc2C)cc1. The number of carbonyl (C=O) groups is 1. The topological polar surface area (TPSA) is 50.1 Å². The first-order valence-corrected chi connectivity index (χ1v) is 5.90. The van der Waals surface area contributed by atoms with Crippen LogP contribution in [0.5, 0.6) is 11.5 Å². The van der Waals surface area contributed by atoms with Gasteiger partial charge >= 0.3 is 0 Å². The number of hydrogen-bond acceptors (Lipinski definition) is 3. The van der Waals surface area contributed by atoms with E-state index in [2.05, 4.69) is 6.07 Å². The summed E-state index contributed by atoms with van der Waals surface area (Å²) in [7, 11) is 0. The van der Waals surface area contributed by atoms with Crippen molar-refractivity contribution in [1.82, 2.24) is 0 Å². The number of carbonyl (C=O) groups excluding carboxylic acids is 1. The molecular formula is C16H13NO2. The number of aryl methyl sites for hydroxylation is 1. The molecule has 0 aliphatic heterocycles. The maximum atomic E-state index is 11.2. The second-order valence-electron chi connectivity index (χ2n) is 4.27. The summed E-state index contributed by atoms with van der Waals surface area (Å²) < 4.78 is 5.72. The fourth-order valence-corrected chi connectivity index (χ4v) is 1.66. The number of Topliss-reactive ketones (excluding diaryl/α,β-unsaturated/α-hetero) is 1. The third kappa shape index (κ3) is 2.99. The normalized spacial score (nSPS) is 9.74. The van der Waals surface area contributed by atoms with Gasteiger partial charge in [-0.05, 0) is 55.8 Å². The lowest BCUT2D eigenvalue weighted by molar-refractivity contribution is 0.101. The summed E-state index contributed by atoms with van der Waals surface area (Å²) in [6.07, 6.45) is 0. The van der Waals surface area contributed by atoms with Gasteiger partial charge in [-0.1, -0.05) is 6.07 Å². The Hall–Kier alpha value is -2.60. The minimum absolute atomic E-state index is 0.0224. The molecule has 2 aromatic rings. The van der Waals surface area contributed by atoms with E-state index >= 15 is 0 Å². The molecule has 0 spiro atoms. The predicted octanol–water partition coefficient (Wildman–Crippen LogP) is 3.86. The molecule has 0 aliphatic rings.